The van der Waals surface area contributed by atoms with E-state index in [-0.39, 0.29) is 5.56 Å². The summed E-state index contributed by atoms with van der Waals surface area (Å²) < 4.78 is 7.23. The summed E-state index contributed by atoms with van der Waals surface area (Å²) in [6.07, 6.45) is 2.16. The van der Waals surface area contributed by atoms with Gasteiger partial charge in [-0.3, -0.25) is 9.36 Å². The van der Waals surface area contributed by atoms with Crippen molar-refractivity contribution in [2.24, 2.45) is 0 Å². The summed E-state index contributed by atoms with van der Waals surface area (Å²) in [4.78, 5) is 18.6. The lowest BCUT2D eigenvalue weighted by Crippen LogP contribution is -2.28. The van der Waals surface area contributed by atoms with E-state index in [1.807, 2.05) is 86.6 Å². The van der Waals surface area contributed by atoms with Crippen molar-refractivity contribution in [3.8, 4) is 28.6 Å². The molecule has 0 unspecified atom stereocenters. The van der Waals surface area contributed by atoms with Crippen molar-refractivity contribution in [2.75, 3.05) is 6.61 Å². The third-order valence-electron chi connectivity index (χ3n) is 6.02. The van der Waals surface area contributed by atoms with Crippen LogP contribution in [-0.2, 0) is 12.8 Å². The molecule has 4 rings (SSSR count). The standard InChI is InChI=1S/C30H29N3O2/c1-4-8-29-28(19-22-11-13-23(14-12-22)27-10-7-6-9-24(27)20-31)30(34)33(21(3)32-29)25-15-17-26(18-16-25)35-5-2/h6-7,9-18H,4-5,8,19H2,1-3H3. The van der Waals surface area contributed by atoms with E-state index in [0.717, 1.165) is 52.2 Å². The lowest BCUT2D eigenvalue weighted by molar-refractivity contribution is 0.340. The molecule has 0 aliphatic rings. The van der Waals surface area contributed by atoms with Gasteiger partial charge in [0.2, 0.25) is 0 Å². The Morgan fingerprint density at radius 1 is 0.971 bits per heavy atom. The van der Waals surface area contributed by atoms with Crippen molar-refractivity contribution in [3.63, 3.8) is 0 Å². The first-order valence-electron chi connectivity index (χ1n) is 12.0. The molecule has 3 aromatic carbocycles. The minimum atomic E-state index is -0.0380. The van der Waals surface area contributed by atoms with Gasteiger partial charge in [-0.2, -0.15) is 5.26 Å². The molecule has 0 atom stereocenters. The molecule has 0 N–H and O–H groups in total. The van der Waals surface area contributed by atoms with Gasteiger partial charge in [-0.15, -0.1) is 0 Å². The average Bonchev–Trinajstić information content (AvgIpc) is 2.88. The number of aryl methyl sites for hydroxylation is 2. The topological polar surface area (TPSA) is 67.9 Å². The van der Waals surface area contributed by atoms with Gasteiger partial charge in [-0.1, -0.05) is 55.8 Å². The summed E-state index contributed by atoms with van der Waals surface area (Å²) in [7, 11) is 0. The second-order valence-corrected chi connectivity index (χ2v) is 8.43. The first-order valence-corrected chi connectivity index (χ1v) is 12.0. The van der Waals surface area contributed by atoms with E-state index >= 15 is 0 Å². The quantitative estimate of drug-likeness (QED) is 0.320. The van der Waals surface area contributed by atoms with Crippen LogP contribution >= 0.6 is 0 Å². The molecule has 0 saturated heterocycles. The van der Waals surface area contributed by atoms with Crippen LogP contribution in [0, 0.1) is 18.3 Å². The van der Waals surface area contributed by atoms with Crippen LogP contribution in [0.1, 0.15) is 48.5 Å². The summed E-state index contributed by atoms with van der Waals surface area (Å²) in [5.74, 6) is 1.45. The van der Waals surface area contributed by atoms with Gasteiger partial charge in [0.05, 0.1) is 29.6 Å². The number of benzene rings is 3. The summed E-state index contributed by atoms with van der Waals surface area (Å²) in [6.45, 7) is 6.51. The van der Waals surface area contributed by atoms with Crippen molar-refractivity contribution in [2.45, 2.75) is 40.0 Å². The highest BCUT2D eigenvalue weighted by molar-refractivity contribution is 5.70. The molecule has 4 aromatic rings. The van der Waals surface area contributed by atoms with Gasteiger partial charge in [0.1, 0.15) is 11.6 Å². The number of nitriles is 1. The first-order chi connectivity index (χ1) is 17.0. The smallest absolute Gasteiger partial charge is 0.261 e. The van der Waals surface area contributed by atoms with Crippen molar-refractivity contribution in [1.82, 2.24) is 9.55 Å². The van der Waals surface area contributed by atoms with Gasteiger partial charge in [0, 0.05) is 12.0 Å². The first kappa shape index (κ1) is 24.0. The van der Waals surface area contributed by atoms with E-state index in [0.29, 0.717) is 24.4 Å². The Kier molecular flexibility index (Phi) is 7.42. The van der Waals surface area contributed by atoms with Crippen molar-refractivity contribution in [1.29, 1.82) is 5.26 Å². The molecular formula is C30H29N3O2. The summed E-state index contributed by atoms with van der Waals surface area (Å²) in [5, 5.41) is 9.42. The van der Waals surface area contributed by atoms with E-state index in [2.05, 4.69) is 13.0 Å². The highest BCUT2D eigenvalue weighted by Crippen LogP contribution is 2.24. The zero-order chi connectivity index (χ0) is 24.8. The van der Waals surface area contributed by atoms with Gasteiger partial charge >= 0.3 is 0 Å². The van der Waals surface area contributed by atoms with E-state index in [9.17, 15) is 10.1 Å². The zero-order valence-electron chi connectivity index (χ0n) is 20.4. The van der Waals surface area contributed by atoms with Crippen molar-refractivity contribution < 1.29 is 4.74 Å². The second kappa shape index (κ2) is 10.8. The monoisotopic (exact) mass is 463 g/mol. The molecule has 0 fully saturated rings. The number of rotatable bonds is 8. The Labute approximate surface area is 206 Å². The minimum absolute atomic E-state index is 0.0380. The van der Waals surface area contributed by atoms with Crippen LogP contribution in [0.5, 0.6) is 5.75 Å². The molecule has 0 aliphatic carbocycles. The van der Waals surface area contributed by atoms with E-state index < -0.39 is 0 Å². The molecule has 5 nitrogen and oxygen atoms in total. The molecule has 176 valence electrons. The second-order valence-electron chi connectivity index (χ2n) is 8.43. The Hall–Kier alpha value is -4.17. The predicted molar refractivity (Wildman–Crippen MR) is 139 cm³/mol. The van der Waals surface area contributed by atoms with Crippen LogP contribution < -0.4 is 10.3 Å². The van der Waals surface area contributed by atoms with E-state index in [1.54, 1.807) is 4.57 Å². The molecule has 0 bridgehead atoms. The van der Waals surface area contributed by atoms with Gasteiger partial charge in [0.25, 0.3) is 5.56 Å². The Balaban J connectivity index is 1.71. The highest BCUT2D eigenvalue weighted by Gasteiger charge is 2.16. The summed E-state index contributed by atoms with van der Waals surface area (Å²) >= 11 is 0. The van der Waals surface area contributed by atoms with Crippen LogP contribution in [0.25, 0.3) is 16.8 Å². The van der Waals surface area contributed by atoms with E-state index in [1.165, 1.54) is 0 Å². The lowest BCUT2D eigenvalue weighted by atomic mass is 9.97. The maximum absolute atomic E-state index is 13.7. The van der Waals surface area contributed by atoms with Crippen LogP contribution in [0.2, 0.25) is 0 Å². The molecule has 0 amide bonds. The Morgan fingerprint density at radius 2 is 1.69 bits per heavy atom. The molecule has 0 saturated carbocycles. The maximum atomic E-state index is 13.7. The van der Waals surface area contributed by atoms with Gasteiger partial charge in [-0.25, -0.2) is 4.98 Å². The third-order valence-corrected chi connectivity index (χ3v) is 6.02. The molecule has 35 heavy (non-hydrogen) atoms. The molecular weight excluding hydrogens is 434 g/mol. The normalized spacial score (nSPS) is 10.7. The molecule has 0 aliphatic heterocycles. The fourth-order valence-corrected chi connectivity index (χ4v) is 4.34. The van der Waals surface area contributed by atoms with Crippen LogP contribution in [0.4, 0.5) is 0 Å². The zero-order valence-corrected chi connectivity index (χ0v) is 20.4. The third kappa shape index (κ3) is 5.17. The summed E-state index contributed by atoms with van der Waals surface area (Å²) in [6, 6.07) is 25.4. The molecule has 0 spiro atoms. The Bertz CT molecular complexity index is 1410. The minimum Gasteiger partial charge on any atom is -0.494 e. The number of aromatic nitrogens is 2. The van der Waals surface area contributed by atoms with Gasteiger partial charge < -0.3 is 4.74 Å². The number of hydrogen-bond donors (Lipinski definition) is 0. The number of nitrogens with zero attached hydrogens (tertiary/aromatic N) is 3. The van der Waals surface area contributed by atoms with Gasteiger partial charge in [0.15, 0.2) is 0 Å². The fraction of sp³-hybridized carbons (Fsp3) is 0.233. The number of hydrogen-bond acceptors (Lipinski definition) is 4. The molecule has 1 heterocycles. The number of ether oxygens (including phenoxy) is 1. The predicted octanol–water partition coefficient (Wildman–Crippen LogP) is 6.02. The largest absolute Gasteiger partial charge is 0.494 e. The van der Waals surface area contributed by atoms with Crippen molar-refractivity contribution >= 4 is 0 Å². The lowest BCUT2D eigenvalue weighted by Gasteiger charge is -2.16. The van der Waals surface area contributed by atoms with Crippen LogP contribution in [-0.4, -0.2) is 16.2 Å². The average molecular weight is 464 g/mol. The van der Waals surface area contributed by atoms with E-state index in [4.69, 9.17) is 9.72 Å². The van der Waals surface area contributed by atoms with Gasteiger partial charge in [-0.05, 0) is 67.3 Å². The highest BCUT2D eigenvalue weighted by atomic mass is 16.5. The van der Waals surface area contributed by atoms with Crippen LogP contribution in [0.15, 0.2) is 77.6 Å². The fourth-order valence-electron chi connectivity index (χ4n) is 4.34. The maximum Gasteiger partial charge on any atom is 0.261 e. The molecule has 1 aromatic heterocycles. The molecule has 0 radical (unpaired) electrons. The van der Waals surface area contributed by atoms with Crippen LogP contribution in [0.3, 0.4) is 0 Å². The van der Waals surface area contributed by atoms with Crippen molar-refractivity contribution in [3.05, 3.63) is 111 Å². The SMILES string of the molecule is CCCc1nc(C)n(-c2ccc(OCC)cc2)c(=O)c1Cc1ccc(-c2ccccc2C#N)cc1. The Morgan fingerprint density at radius 3 is 2.34 bits per heavy atom. The molecule has 5 heteroatoms. The summed E-state index contributed by atoms with van der Waals surface area (Å²) in [5.41, 5.74) is 5.87.